The molecule has 0 bridgehead atoms. The van der Waals surface area contributed by atoms with Gasteiger partial charge in [0.15, 0.2) is 0 Å². The standard InChI is InChI=1S/C13H27NS/c1-5-12(9-15-4)14-13-10(2)7-6-8-11(13)3/h10-14H,5-9H2,1-4H3. The molecule has 0 aromatic rings. The van der Waals surface area contributed by atoms with Crippen molar-refractivity contribution in [2.24, 2.45) is 11.8 Å². The minimum atomic E-state index is 0.716. The Balaban J connectivity index is 2.45. The van der Waals surface area contributed by atoms with Crippen molar-refractivity contribution >= 4 is 11.8 Å². The van der Waals surface area contributed by atoms with Crippen molar-refractivity contribution in [3.8, 4) is 0 Å². The van der Waals surface area contributed by atoms with Gasteiger partial charge in [-0.05, 0) is 37.4 Å². The number of hydrogen-bond acceptors (Lipinski definition) is 2. The van der Waals surface area contributed by atoms with Crippen LogP contribution in [0.25, 0.3) is 0 Å². The topological polar surface area (TPSA) is 12.0 Å². The number of nitrogens with one attached hydrogen (secondary N) is 1. The summed E-state index contributed by atoms with van der Waals surface area (Å²) in [6.07, 6.45) is 7.73. The summed E-state index contributed by atoms with van der Waals surface area (Å²) < 4.78 is 0. The van der Waals surface area contributed by atoms with Crippen molar-refractivity contribution in [3.05, 3.63) is 0 Å². The summed E-state index contributed by atoms with van der Waals surface area (Å²) >= 11 is 1.96. The molecule has 1 rings (SSSR count). The third kappa shape index (κ3) is 3.99. The Morgan fingerprint density at radius 1 is 1.27 bits per heavy atom. The normalized spacial score (nSPS) is 34.0. The first-order chi connectivity index (χ1) is 7.19. The van der Waals surface area contributed by atoms with E-state index in [-0.39, 0.29) is 0 Å². The minimum absolute atomic E-state index is 0.716. The Morgan fingerprint density at radius 3 is 2.33 bits per heavy atom. The lowest BCUT2D eigenvalue weighted by Crippen LogP contribution is -2.48. The van der Waals surface area contributed by atoms with Gasteiger partial charge in [0.05, 0.1) is 0 Å². The summed E-state index contributed by atoms with van der Waals surface area (Å²) in [6.45, 7) is 7.13. The number of thioether (sulfide) groups is 1. The van der Waals surface area contributed by atoms with Crippen molar-refractivity contribution in [2.75, 3.05) is 12.0 Å². The van der Waals surface area contributed by atoms with Crippen molar-refractivity contribution < 1.29 is 0 Å². The van der Waals surface area contributed by atoms with Crippen LogP contribution in [0, 0.1) is 11.8 Å². The maximum atomic E-state index is 3.89. The highest BCUT2D eigenvalue weighted by molar-refractivity contribution is 7.98. The lowest BCUT2D eigenvalue weighted by atomic mass is 9.78. The van der Waals surface area contributed by atoms with Gasteiger partial charge in [-0.15, -0.1) is 0 Å². The van der Waals surface area contributed by atoms with E-state index in [1.54, 1.807) is 0 Å². The SMILES string of the molecule is CCC(CSC)NC1C(C)CCCC1C. The molecule has 0 aromatic carbocycles. The maximum absolute atomic E-state index is 3.89. The van der Waals surface area contributed by atoms with Gasteiger partial charge >= 0.3 is 0 Å². The lowest BCUT2D eigenvalue weighted by Gasteiger charge is -2.37. The second kappa shape index (κ2) is 6.80. The van der Waals surface area contributed by atoms with Crippen molar-refractivity contribution in [2.45, 2.75) is 58.5 Å². The van der Waals surface area contributed by atoms with E-state index in [4.69, 9.17) is 0 Å². The van der Waals surface area contributed by atoms with Crippen molar-refractivity contribution in [1.29, 1.82) is 0 Å². The zero-order valence-electron chi connectivity index (χ0n) is 10.8. The van der Waals surface area contributed by atoms with Crippen LogP contribution in [0.5, 0.6) is 0 Å². The molecule has 15 heavy (non-hydrogen) atoms. The third-order valence-electron chi connectivity index (χ3n) is 3.83. The fourth-order valence-electron chi connectivity index (χ4n) is 2.77. The molecule has 0 amide bonds. The fourth-order valence-corrected chi connectivity index (χ4v) is 3.50. The van der Waals surface area contributed by atoms with Gasteiger partial charge in [0.2, 0.25) is 0 Å². The van der Waals surface area contributed by atoms with E-state index in [2.05, 4.69) is 32.3 Å². The highest BCUT2D eigenvalue weighted by Crippen LogP contribution is 2.29. The molecule has 0 saturated heterocycles. The van der Waals surface area contributed by atoms with E-state index >= 15 is 0 Å². The summed E-state index contributed by atoms with van der Waals surface area (Å²) in [5.74, 6) is 2.99. The first kappa shape index (κ1) is 13.4. The predicted octanol–water partition coefficient (Wildman–Crippen LogP) is 3.54. The van der Waals surface area contributed by atoms with Crippen molar-refractivity contribution in [1.82, 2.24) is 5.32 Å². The fraction of sp³-hybridized carbons (Fsp3) is 1.00. The van der Waals surface area contributed by atoms with Gasteiger partial charge in [-0.2, -0.15) is 11.8 Å². The van der Waals surface area contributed by atoms with Crippen LogP contribution < -0.4 is 5.32 Å². The Hall–Kier alpha value is 0.310. The zero-order chi connectivity index (χ0) is 11.3. The van der Waals surface area contributed by atoms with E-state index in [9.17, 15) is 0 Å². The Labute approximate surface area is 99.8 Å². The summed E-state index contributed by atoms with van der Waals surface area (Å²) in [7, 11) is 0. The highest BCUT2D eigenvalue weighted by atomic mass is 32.2. The van der Waals surface area contributed by atoms with E-state index in [1.165, 1.54) is 31.4 Å². The smallest absolute Gasteiger partial charge is 0.0158 e. The van der Waals surface area contributed by atoms with Crippen molar-refractivity contribution in [3.63, 3.8) is 0 Å². The Bertz CT molecular complexity index is 162. The van der Waals surface area contributed by atoms with Crippen LogP contribution in [0.1, 0.15) is 46.5 Å². The Kier molecular flexibility index (Phi) is 6.06. The molecule has 3 unspecified atom stereocenters. The summed E-state index contributed by atoms with van der Waals surface area (Å²) in [5, 5.41) is 3.89. The van der Waals surface area contributed by atoms with Crippen LogP contribution in [0.2, 0.25) is 0 Å². The van der Waals surface area contributed by atoms with Gasteiger partial charge in [0, 0.05) is 17.8 Å². The van der Waals surface area contributed by atoms with Gasteiger partial charge in [-0.1, -0.05) is 27.2 Å². The van der Waals surface area contributed by atoms with E-state index in [0.29, 0.717) is 6.04 Å². The molecule has 3 atom stereocenters. The quantitative estimate of drug-likeness (QED) is 0.774. The van der Waals surface area contributed by atoms with Crippen LogP contribution >= 0.6 is 11.8 Å². The molecular formula is C13H27NS. The maximum Gasteiger partial charge on any atom is 0.0158 e. The molecule has 0 spiro atoms. The summed E-state index contributed by atoms with van der Waals surface area (Å²) in [6, 6.07) is 1.48. The molecule has 90 valence electrons. The molecule has 2 heteroatoms. The molecule has 1 aliphatic carbocycles. The van der Waals surface area contributed by atoms with Gasteiger partial charge in [-0.25, -0.2) is 0 Å². The largest absolute Gasteiger partial charge is 0.310 e. The van der Waals surface area contributed by atoms with Crippen LogP contribution in [-0.2, 0) is 0 Å². The monoisotopic (exact) mass is 229 g/mol. The molecule has 0 aliphatic heterocycles. The van der Waals surface area contributed by atoms with Crippen LogP contribution in [0.15, 0.2) is 0 Å². The van der Waals surface area contributed by atoms with Gasteiger partial charge in [0.1, 0.15) is 0 Å². The first-order valence-corrected chi connectivity index (χ1v) is 7.83. The Morgan fingerprint density at radius 2 is 1.87 bits per heavy atom. The average molecular weight is 229 g/mol. The summed E-state index contributed by atoms with van der Waals surface area (Å²) in [5.41, 5.74) is 0. The molecule has 0 radical (unpaired) electrons. The van der Waals surface area contributed by atoms with Crippen LogP contribution in [0.3, 0.4) is 0 Å². The third-order valence-corrected chi connectivity index (χ3v) is 4.57. The van der Waals surface area contributed by atoms with Gasteiger partial charge in [-0.3, -0.25) is 0 Å². The van der Waals surface area contributed by atoms with Gasteiger partial charge < -0.3 is 5.32 Å². The van der Waals surface area contributed by atoms with E-state index in [1.807, 2.05) is 11.8 Å². The minimum Gasteiger partial charge on any atom is -0.310 e. The molecule has 1 fully saturated rings. The van der Waals surface area contributed by atoms with Crippen LogP contribution in [-0.4, -0.2) is 24.1 Å². The molecule has 0 heterocycles. The highest BCUT2D eigenvalue weighted by Gasteiger charge is 2.28. The number of hydrogen-bond donors (Lipinski definition) is 1. The summed E-state index contributed by atoms with van der Waals surface area (Å²) in [4.78, 5) is 0. The second-order valence-electron chi connectivity index (χ2n) is 5.14. The molecule has 1 nitrogen and oxygen atoms in total. The zero-order valence-corrected chi connectivity index (χ0v) is 11.6. The van der Waals surface area contributed by atoms with E-state index in [0.717, 1.165) is 17.9 Å². The van der Waals surface area contributed by atoms with Crippen LogP contribution in [0.4, 0.5) is 0 Å². The van der Waals surface area contributed by atoms with Gasteiger partial charge in [0.25, 0.3) is 0 Å². The second-order valence-corrected chi connectivity index (χ2v) is 6.05. The molecular weight excluding hydrogens is 202 g/mol. The molecule has 0 aromatic heterocycles. The average Bonchev–Trinajstić information content (AvgIpc) is 2.22. The molecule has 1 N–H and O–H groups in total. The van der Waals surface area contributed by atoms with E-state index < -0.39 is 0 Å². The predicted molar refractivity (Wildman–Crippen MR) is 71.6 cm³/mol. The lowest BCUT2D eigenvalue weighted by molar-refractivity contribution is 0.195. The molecule has 1 saturated carbocycles. The number of rotatable bonds is 5. The first-order valence-electron chi connectivity index (χ1n) is 6.44. The molecule has 1 aliphatic rings.